The molecule has 0 bridgehead atoms. The fourth-order valence-corrected chi connectivity index (χ4v) is 3.25. The minimum Gasteiger partial charge on any atom is -0.384 e. The molecule has 2 heterocycles. The van der Waals surface area contributed by atoms with Crippen molar-refractivity contribution >= 4 is 5.69 Å². The second kappa shape index (κ2) is 5.93. The molecule has 2 unspecified atom stereocenters. The smallest absolute Gasteiger partial charge is 0.0613 e. The molecule has 2 atom stereocenters. The Bertz CT molecular complexity index is 433. The van der Waals surface area contributed by atoms with Crippen molar-refractivity contribution in [1.82, 2.24) is 5.32 Å². The second-order valence-corrected chi connectivity index (χ2v) is 5.67. The van der Waals surface area contributed by atoms with Gasteiger partial charge in [0.2, 0.25) is 0 Å². The van der Waals surface area contributed by atoms with Gasteiger partial charge in [0, 0.05) is 31.9 Å². The molecular formula is C16H24N2O. The fourth-order valence-electron chi connectivity index (χ4n) is 3.25. The van der Waals surface area contributed by atoms with Crippen LogP contribution in [0.2, 0.25) is 0 Å². The Morgan fingerprint density at radius 1 is 1.42 bits per heavy atom. The zero-order chi connectivity index (χ0) is 13.1. The number of fused-ring (bicyclic) bond motifs is 1. The summed E-state index contributed by atoms with van der Waals surface area (Å²) in [5, 5.41) is 7.00. The normalized spacial score (nSPS) is 25.3. The second-order valence-electron chi connectivity index (χ2n) is 5.67. The van der Waals surface area contributed by atoms with Crippen LogP contribution in [-0.2, 0) is 17.7 Å². The van der Waals surface area contributed by atoms with Crippen molar-refractivity contribution in [3.8, 4) is 0 Å². The van der Waals surface area contributed by atoms with Crippen LogP contribution in [0.4, 0.5) is 5.69 Å². The van der Waals surface area contributed by atoms with Crippen LogP contribution in [0.5, 0.6) is 0 Å². The van der Waals surface area contributed by atoms with Crippen LogP contribution in [0.25, 0.3) is 0 Å². The van der Waals surface area contributed by atoms with Gasteiger partial charge in [-0.25, -0.2) is 0 Å². The molecule has 1 aromatic carbocycles. The van der Waals surface area contributed by atoms with Crippen LogP contribution in [0, 0.1) is 5.92 Å². The lowest BCUT2D eigenvalue weighted by Gasteiger charge is -2.17. The summed E-state index contributed by atoms with van der Waals surface area (Å²) in [6.07, 6.45) is 3.98. The van der Waals surface area contributed by atoms with E-state index in [0.29, 0.717) is 12.0 Å². The van der Waals surface area contributed by atoms with Crippen LogP contribution >= 0.6 is 0 Å². The van der Waals surface area contributed by atoms with Gasteiger partial charge < -0.3 is 15.4 Å². The zero-order valence-electron chi connectivity index (χ0n) is 11.7. The van der Waals surface area contributed by atoms with Gasteiger partial charge in [0.25, 0.3) is 0 Å². The van der Waals surface area contributed by atoms with Crippen molar-refractivity contribution in [2.45, 2.75) is 38.8 Å². The number of ether oxygens (including phenoxy) is 1. The van der Waals surface area contributed by atoms with Gasteiger partial charge >= 0.3 is 0 Å². The van der Waals surface area contributed by atoms with E-state index >= 15 is 0 Å². The zero-order valence-corrected chi connectivity index (χ0v) is 11.7. The lowest BCUT2D eigenvalue weighted by atomic mass is 9.99. The topological polar surface area (TPSA) is 33.3 Å². The lowest BCUT2D eigenvalue weighted by Crippen LogP contribution is -2.27. The van der Waals surface area contributed by atoms with Crippen molar-refractivity contribution in [2.24, 2.45) is 5.92 Å². The molecule has 2 N–H and O–H groups in total. The van der Waals surface area contributed by atoms with Gasteiger partial charge in [0.05, 0.1) is 6.10 Å². The Kier molecular flexibility index (Phi) is 4.04. The van der Waals surface area contributed by atoms with Crippen LogP contribution in [0.1, 0.15) is 30.9 Å². The van der Waals surface area contributed by atoms with E-state index in [1.54, 1.807) is 0 Å². The highest BCUT2D eigenvalue weighted by atomic mass is 16.5. The highest BCUT2D eigenvalue weighted by Gasteiger charge is 2.25. The van der Waals surface area contributed by atoms with Crippen molar-refractivity contribution < 1.29 is 4.74 Å². The molecule has 1 saturated heterocycles. The molecule has 0 aliphatic carbocycles. The maximum atomic E-state index is 5.73. The van der Waals surface area contributed by atoms with Gasteiger partial charge in [0.1, 0.15) is 0 Å². The summed E-state index contributed by atoms with van der Waals surface area (Å²) in [5.41, 5.74) is 4.18. The van der Waals surface area contributed by atoms with Crippen LogP contribution < -0.4 is 10.6 Å². The molecule has 1 fully saturated rings. The molecule has 3 heteroatoms. The Balaban J connectivity index is 1.50. The number of benzene rings is 1. The van der Waals surface area contributed by atoms with Crippen molar-refractivity contribution in [3.05, 3.63) is 29.3 Å². The molecule has 0 aromatic heterocycles. The average molecular weight is 260 g/mol. The molecule has 104 valence electrons. The Morgan fingerprint density at radius 2 is 2.37 bits per heavy atom. The van der Waals surface area contributed by atoms with Crippen molar-refractivity contribution in [2.75, 3.05) is 25.0 Å². The summed E-state index contributed by atoms with van der Waals surface area (Å²) in [6.45, 7) is 6.30. The van der Waals surface area contributed by atoms with Gasteiger partial charge in [-0.2, -0.15) is 0 Å². The minimum absolute atomic E-state index is 0.469. The summed E-state index contributed by atoms with van der Waals surface area (Å²) in [5.74, 6) is 0.695. The Morgan fingerprint density at radius 3 is 3.26 bits per heavy atom. The molecule has 2 aliphatic heterocycles. The van der Waals surface area contributed by atoms with E-state index in [2.05, 4.69) is 35.8 Å². The van der Waals surface area contributed by atoms with Gasteiger partial charge in [-0.1, -0.05) is 19.1 Å². The lowest BCUT2D eigenvalue weighted by molar-refractivity contribution is 0.0872. The first-order valence-corrected chi connectivity index (χ1v) is 7.55. The molecule has 3 nitrogen and oxygen atoms in total. The monoisotopic (exact) mass is 260 g/mol. The summed E-state index contributed by atoms with van der Waals surface area (Å²) < 4.78 is 5.73. The molecule has 0 saturated carbocycles. The van der Waals surface area contributed by atoms with E-state index in [-0.39, 0.29) is 0 Å². The molecular weight excluding hydrogens is 236 g/mol. The Hall–Kier alpha value is -1.06. The SMILES string of the molecule is CCC1OCCC1CNCc1ccc2c(c1)CCN2. The highest BCUT2D eigenvalue weighted by Crippen LogP contribution is 2.24. The van der Waals surface area contributed by atoms with Gasteiger partial charge in [-0.05, 0) is 42.4 Å². The number of hydrogen-bond acceptors (Lipinski definition) is 3. The van der Waals surface area contributed by atoms with E-state index in [9.17, 15) is 0 Å². The third kappa shape index (κ3) is 2.93. The largest absolute Gasteiger partial charge is 0.384 e. The number of nitrogens with one attached hydrogen (secondary N) is 2. The van der Waals surface area contributed by atoms with Crippen LogP contribution in [-0.4, -0.2) is 25.8 Å². The van der Waals surface area contributed by atoms with Gasteiger partial charge in [-0.15, -0.1) is 0 Å². The summed E-state index contributed by atoms with van der Waals surface area (Å²) >= 11 is 0. The molecule has 3 rings (SSSR count). The van der Waals surface area contributed by atoms with E-state index in [1.807, 2.05) is 0 Å². The van der Waals surface area contributed by atoms with Crippen molar-refractivity contribution in [1.29, 1.82) is 0 Å². The van der Waals surface area contributed by atoms with Gasteiger partial charge in [-0.3, -0.25) is 0 Å². The Labute approximate surface area is 115 Å². The molecule has 1 aromatic rings. The predicted molar refractivity (Wildman–Crippen MR) is 78.5 cm³/mol. The maximum absolute atomic E-state index is 5.73. The molecule has 19 heavy (non-hydrogen) atoms. The summed E-state index contributed by atoms with van der Waals surface area (Å²) in [4.78, 5) is 0. The average Bonchev–Trinajstić information content (AvgIpc) is 3.06. The number of hydrogen-bond donors (Lipinski definition) is 2. The number of anilines is 1. The van der Waals surface area contributed by atoms with E-state index in [0.717, 1.165) is 39.1 Å². The molecule has 0 spiro atoms. The third-order valence-corrected chi connectivity index (χ3v) is 4.36. The van der Waals surface area contributed by atoms with Crippen LogP contribution in [0.3, 0.4) is 0 Å². The number of rotatable bonds is 5. The van der Waals surface area contributed by atoms with E-state index in [4.69, 9.17) is 4.74 Å². The summed E-state index contributed by atoms with van der Waals surface area (Å²) in [6, 6.07) is 6.78. The maximum Gasteiger partial charge on any atom is 0.0613 e. The minimum atomic E-state index is 0.469. The molecule has 2 aliphatic rings. The standard InChI is InChI=1S/C16H24N2O/c1-2-16-14(6-8-19-16)11-17-10-12-3-4-15-13(9-12)5-7-18-15/h3-4,9,14,16-18H,2,5-8,10-11H2,1H3. The first-order chi connectivity index (χ1) is 9.36. The van der Waals surface area contributed by atoms with E-state index in [1.165, 1.54) is 23.2 Å². The highest BCUT2D eigenvalue weighted by molar-refractivity contribution is 5.56. The van der Waals surface area contributed by atoms with E-state index < -0.39 is 0 Å². The van der Waals surface area contributed by atoms with Crippen LogP contribution in [0.15, 0.2) is 18.2 Å². The quantitative estimate of drug-likeness (QED) is 0.853. The first kappa shape index (κ1) is 12.9. The predicted octanol–water partition coefficient (Wildman–Crippen LogP) is 2.56. The fraction of sp³-hybridized carbons (Fsp3) is 0.625. The van der Waals surface area contributed by atoms with Gasteiger partial charge in [0.15, 0.2) is 0 Å². The molecule has 0 amide bonds. The molecule has 0 radical (unpaired) electrons. The van der Waals surface area contributed by atoms with Crippen molar-refractivity contribution in [3.63, 3.8) is 0 Å². The summed E-state index contributed by atoms with van der Waals surface area (Å²) in [7, 11) is 0. The first-order valence-electron chi connectivity index (χ1n) is 7.55. The third-order valence-electron chi connectivity index (χ3n) is 4.36.